The molecule has 2 aliphatic heterocycles. The lowest BCUT2D eigenvalue weighted by Gasteiger charge is -2.47. The monoisotopic (exact) mass is 725 g/mol. The molecule has 264 valence electrons. The summed E-state index contributed by atoms with van der Waals surface area (Å²) in [6.07, 6.45) is 2.51. The third-order valence-corrected chi connectivity index (χ3v) is 11.4. The van der Waals surface area contributed by atoms with Crippen molar-refractivity contribution in [3.63, 3.8) is 0 Å². The number of aromatic nitrogens is 1. The summed E-state index contributed by atoms with van der Waals surface area (Å²) < 4.78 is 18.3. The van der Waals surface area contributed by atoms with E-state index in [0.29, 0.717) is 65.9 Å². The highest BCUT2D eigenvalue weighted by atomic mass is 35.5. The Bertz CT molecular complexity index is 1800. The number of carbonyl (C=O) groups excluding carboxylic acids is 1. The fourth-order valence-electron chi connectivity index (χ4n) is 6.74. The van der Waals surface area contributed by atoms with Crippen LogP contribution in [0.25, 0.3) is 0 Å². The Kier molecular flexibility index (Phi) is 10.8. The molecular formula is C38H49Cl2N5O3S. The zero-order chi connectivity index (χ0) is 35.8. The number of hydrogen-bond donors (Lipinski definition) is 0. The fourth-order valence-corrected chi connectivity index (χ4v) is 7.73. The first-order chi connectivity index (χ1) is 23.0. The summed E-state index contributed by atoms with van der Waals surface area (Å²) in [5, 5.41) is 1.22. The predicted octanol–water partition coefficient (Wildman–Crippen LogP) is 7.45. The van der Waals surface area contributed by atoms with Gasteiger partial charge in [-0.15, -0.1) is 0 Å². The van der Waals surface area contributed by atoms with Crippen LogP contribution in [0.3, 0.4) is 0 Å². The van der Waals surface area contributed by atoms with E-state index in [9.17, 15) is 4.21 Å². The van der Waals surface area contributed by atoms with E-state index in [1.54, 1.807) is 6.26 Å². The lowest BCUT2D eigenvalue weighted by molar-refractivity contribution is 0.0868. The molecule has 2 aliphatic rings. The van der Waals surface area contributed by atoms with Crippen LogP contribution in [0.4, 0.5) is 4.79 Å². The Morgan fingerprint density at radius 2 is 1.51 bits per heavy atom. The van der Waals surface area contributed by atoms with Gasteiger partial charge in [-0.1, -0.05) is 68.2 Å². The average Bonchev–Trinajstić information content (AvgIpc) is 3.28. The minimum atomic E-state index is -2.03. The predicted molar refractivity (Wildman–Crippen MR) is 204 cm³/mol. The van der Waals surface area contributed by atoms with Crippen LogP contribution < -0.4 is 4.74 Å². The molecule has 3 heterocycles. The summed E-state index contributed by atoms with van der Waals surface area (Å²) in [4.78, 5) is 31.7. The number of aliphatic imine (C=N–C) groups is 1. The Balaban J connectivity index is 1.65. The van der Waals surface area contributed by atoms with Crippen LogP contribution >= 0.6 is 23.2 Å². The number of carbonyl (C=O) groups is 1. The molecule has 8 nitrogen and oxygen atoms in total. The topological polar surface area (TPSA) is 78.3 Å². The van der Waals surface area contributed by atoms with Crippen molar-refractivity contribution in [3.05, 3.63) is 93.1 Å². The van der Waals surface area contributed by atoms with Crippen LogP contribution in [0.2, 0.25) is 10.0 Å². The van der Waals surface area contributed by atoms with E-state index >= 15 is 4.79 Å². The second-order valence-corrected chi connectivity index (χ2v) is 18.2. The number of amides is 2. The van der Waals surface area contributed by atoms with Crippen molar-refractivity contribution >= 4 is 50.5 Å². The molecular weight excluding hydrogens is 677 g/mol. The minimum absolute atomic E-state index is 0.148. The quantitative estimate of drug-likeness (QED) is 0.214. The van der Waals surface area contributed by atoms with E-state index in [1.807, 2.05) is 77.4 Å². The van der Waals surface area contributed by atoms with Crippen molar-refractivity contribution in [1.29, 1.82) is 0 Å². The highest BCUT2D eigenvalue weighted by Gasteiger charge is 2.60. The molecule has 1 aromatic heterocycles. The van der Waals surface area contributed by atoms with Gasteiger partial charge < -0.3 is 9.64 Å². The Morgan fingerprint density at radius 3 is 2.04 bits per heavy atom. The number of ether oxygens (including phenoxy) is 1. The van der Waals surface area contributed by atoms with E-state index in [1.165, 1.54) is 0 Å². The smallest absolute Gasteiger partial charge is 0.326 e. The van der Waals surface area contributed by atoms with E-state index in [-0.39, 0.29) is 11.4 Å². The third-order valence-electron chi connectivity index (χ3n) is 9.78. The van der Waals surface area contributed by atoms with Crippen molar-refractivity contribution in [2.45, 2.75) is 64.5 Å². The van der Waals surface area contributed by atoms with Gasteiger partial charge >= 0.3 is 6.03 Å². The first-order valence-electron chi connectivity index (χ1n) is 16.9. The van der Waals surface area contributed by atoms with Gasteiger partial charge in [0.1, 0.15) is 16.9 Å². The zero-order valence-electron chi connectivity index (χ0n) is 29.8. The van der Waals surface area contributed by atoms with Crippen molar-refractivity contribution < 1.29 is 13.7 Å². The van der Waals surface area contributed by atoms with Gasteiger partial charge in [0.25, 0.3) is 0 Å². The van der Waals surface area contributed by atoms with Crippen molar-refractivity contribution in [1.82, 2.24) is 19.7 Å². The summed E-state index contributed by atoms with van der Waals surface area (Å²) >= 11 is 12.8. The van der Waals surface area contributed by atoms with Gasteiger partial charge in [0.05, 0.1) is 12.2 Å². The highest BCUT2D eigenvalue weighted by Crippen LogP contribution is 2.54. The molecule has 0 spiro atoms. The molecule has 0 saturated carbocycles. The van der Waals surface area contributed by atoms with Gasteiger partial charge in [0, 0.05) is 59.3 Å². The van der Waals surface area contributed by atoms with Crippen molar-refractivity contribution in [2.24, 2.45) is 4.99 Å². The zero-order valence-corrected chi connectivity index (χ0v) is 32.1. The van der Waals surface area contributed by atoms with Gasteiger partial charge in [-0.3, -0.25) is 19.0 Å². The second kappa shape index (κ2) is 14.3. The van der Waals surface area contributed by atoms with Gasteiger partial charge in [0.2, 0.25) is 5.88 Å². The number of pyridine rings is 1. The standard InChI is InChI=1S/C38H49Cl2N5O3S/c1-9-48-34-31(19-20-32(41-34)36(2,3)4)33-42-37(5,27-11-15-29(39)16-12-27)38(6,28-13-17-30(40)18-14-28)45(33)35(46)44-24-22-43(23-25-44)21-10-26-49(7,8)47/h11-20H,7,9-10,21-26H2,1-6,8H3/t37-,38+,49?/m0/s1. The highest BCUT2D eigenvalue weighted by molar-refractivity contribution is 7.99. The Labute approximate surface area is 302 Å². The molecule has 3 aromatic rings. The number of hydrogen-bond acceptors (Lipinski definition) is 6. The minimum Gasteiger partial charge on any atom is -0.477 e. The van der Waals surface area contributed by atoms with Crippen LogP contribution in [0.15, 0.2) is 65.7 Å². The third kappa shape index (κ3) is 7.65. The maximum atomic E-state index is 15.2. The second-order valence-electron chi connectivity index (χ2n) is 14.5. The first-order valence-corrected chi connectivity index (χ1v) is 19.9. The van der Waals surface area contributed by atoms with E-state index < -0.39 is 20.6 Å². The number of piperazine rings is 1. The van der Waals surface area contributed by atoms with E-state index in [0.717, 1.165) is 29.8 Å². The van der Waals surface area contributed by atoms with Crippen LogP contribution in [0, 0.1) is 0 Å². The number of amidine groups is 1. The average molecular weight is 727 g/mol. The lowest BCUT2D eigenvalue weighted by atomic mass is 9.71. The number of halogens is 2. The molecule has 3 atom stereocenters. The molecule has 2 amide bonds. The summed E-state index contributed by atoms with van der Waals surface area (Å²) in [7, 11) is -2.03. The maximum absolute atomic E-state index is 15.2. The van der Waals surface area contributed by atoms with Gasteiger partial charge in [-0.25, -0.2) is 9.78 Å². The van der Waals surface area contributed by atoms with Crippen molar-refractivity contribution in [3.8, 4) is 5.88 Å². The molecule has 1 saturated heterocycles. The summed E-state index contributed by atoms with van der Waals surface area (Å²) in [6, 6.07) is 19.2. The Morgan fingerprint density at radius 1 is 0.939 bits per heavy atom. The Hall–Kier alpha value is -3.11. The molecule has 0 bridgehead atoms. The molecule has 0 aliphatic carbocycles. The number of urea groups is 1. The van der Waals surface area contributed by atoms with Crippen LogP contribution in [0.1, 0.15) is 70.3 Å². The molecule has 0 N–H and O–H groups in total. The first kappa shape index (κ1) is 37.2. The molecule has 0 radical (unpaired) electrons. The van der Waals surface area contributed by atoms with Gasteiger partial charge in [-0.05, 0) is 96.7 Å². The largest absolute Gasteiger partial charge is 0.477 e. The summed E-state index contributed by atoms with van der Waals surface area (Å²) in [5.41, 5.74) is 1.15. The summed E-state index contributed by atoms with van der Waals surface area (Å²) in [5.74, 6) is 5.31. The van der Waals surface area contributed by atoms with E-state index in [2.05, 4.69) is 45.4 Å². The van der Waals surface area contributed by atoms with Crippen LogP contribution in [-0.4, -0.2) is 93.0 Å². The molecule has 1 fully saturated rings. The molecule has 49 heavy (non-hydrogen) atoms. The number of rotatable bonds is 9. The maximum Gasteiger partial charge on any atom is 0.326 e. The molecule has 1 unspecified atom stereocenters. The molecule has 11 heteroatoms. The summed E-state index contributed by atoms with van der Waals surface area (Å²) in [6.45, 7) is 16.2. The lowest BCUT2D eigenvalue weighted by Crippen LogP contribution is -2.60. The van der Waals surface area contributed by atoms with E-state index in [4.69, 9.17) is 37.9 Å². The molecule has 5 rings (SSSR count). The van der Waals surface area contributed by atoms with Crippen LogP contribution in [-0.2, 0) is 26.0 Å². The number of benzene rings is 2. The van der Waals surface area contributed by atoms with Crippen molar-refractivity contribution in [2.75, 3.05) is 51.3 Å². The normalized spacial score (nSPS) is 22.9. The fraction of sp³-hybridized carbons (Fsp3) is 0.474. The van der Waals surface area contributed by atoms with Gasteiger partial charge in [-0.2, -0.15) is 0 Å². The molecule has 2 aromatic carbocycles. The number of nitrogens with zero attached hydrogens (tertiary/aromatic N) is 5. The van der Waals surface area contributed by atoms with Gasteiger partial charge in [0.15, 0.2) is 0 Å². The van der Waals surface area contributed by atoms with Crippen LogP contribution in [0.5, 0.6) is 5.88 Å². The SMILES string of the molecule is C=S(C)(=O)CCCN1CCN(C(=O)N2C(c3ccc(C(C)(C)C)nc3OCC)=N[C@@](C)(c3ccc(Cl)cc3)[C@@]2(C)c2ccc(Cl)cc2)CC1.